The average molecular weight is 475 g/mol. The Kier molecular flexibility index (Phi) is 4.50. The molecule has 1 unspecified atom stereocenters. The third-order valence-electron chi connectivity index (χ3n) is 5.90. The second-order valence-corrected chi connectivity index (χ2v) is 8.81. The van der Waals surface area contributed by atoms with Gasteiger partial charge >= 0.3 is 0 Å². The van der Waals surface area contributed by atoms with E-state index in [0.717, 1.165) is 38.9 Å². The first kappa shape index (κ1) is 20.0. The highest BCUT2D eigenvalue weighted by atomic mass is 35.5. The lowest BCUT2D eigenvalue weighted by Gasteiger charge is -2.27. The Morgan fingerprint density at radius 1 is 1.03 bits per heavy atom. The molecule has 0 fully saturated rings. The Bertz CT molecular complexity index is 1620. The second-order valence-electron chi connectivity index (χ2n) is 7.81. The number of hydrogen-bond donors (Lipinski definition) is 0. The molecular formula is C24H16Cl2N6O. The monoisotopic (exact) mass is 474 g/mol. The Labute approximate surface area is 198 Å². The number of furan rings is 1. The van der Waals surface area contributed by atoms with E-state index < -0.39 is 4.87 Å². The van der Waals surface area contributed by atoms with Crippen LogP contribution < -0.4 is 0 Å². The molecule has 0 radical (unpaired) electrons. The van der Waals surface area contributed by atoms with Gasteiger partial charge in [0.15, 0.2) is 5.65 Å². The minimum absolute atomic E-state index is 0.642. The predicted octanol–water partition coefficient (Wildman–Crippen LogP) is 5.46. The number of alkyl halides is 1. The summed E-state index contributed by atoms with van der Waals surface area (Å²) < 4.78 is 9.02. The number of pyridine rings is 1. The van der Waals surface area contributed by atoms with Crippen LogP contribution in [0.2, 0.25) is 5.02 Å². The van der Waals surface area contributed by atoms with Gasteiger partial charge in [0.05, 0.1) is 36.3 Å². The molecule has 9 heteroatoms. The van der Waals surface area contributed by atoms with Crippen LogP contribution in [0.15, 0.2) is 84.1 Å². The van der Waals surface area contributed by atoms with E-state index in [2.05, 4.69) is 26.6 Å². The van der Waals surface area contributed by atoms with Gasteiger partial charge < -0.3 is 8.98 Å². The quantitative estimate of drug-likeness (QED) is 0.317. The van der Waals surface area contributed by atoms with Crippen molar-refractivity contribution in [3.05, 3.63) is 101 Å². The van der Waals surface area contributed by atoms with Crippen molar-refractivity contribution in [3.8, 4) is 11.1 Å². The van der Waals surface area contributed by atoms with Crippen LogP contribution in [-0.2, 0) is 11.9 Å². The molecule has 0 aliphatic rings. The molecule has 2 aromatic carbocycles. The number of fused-ring (bicyclic) bond motifs is 3. The molecule has 0 saturated carbocycles. The summed E-state index contributed by atoms with van der Waals surface area (Å²) >= 11 is 13.7. The lowest BCUT2D eigenvalue weighted by molar-refractivity contribution is 0.560. The molecule has 162 valence electrons. The summed E-state index contributed by atoms with van der Waals surface area (Å²) in [5.74, 6) is 0. The SMILES string of the molecule is Cn1cncc1C(Cl)(c1ccoc1)c1ccc2c(c1)c(-c1cccc(Cl)c1)cc1nnnn12. The molecule has 1 atom stereocenters. The zero-order valence-electron chi connectivity index (χ0n) is 17.4. The zero-order valence-corrected chi connectivity index (χ0v) is 18.9. The van der Waals surface area contributed by atoms with Crippen LogP contribution in [0.4, 0.5) is 0 Å². The van der Waals surface area contributed by atoms with Crippen LogP contribution in [0.3, 0.4) is 0 Å². The van der Waals surface area contributed by atoms with Crippen LogP contribution in [-0.4, -0.2) is 29.6 Å². The third kappa shape index (κ3) is 3.04. The molecule has 0 bridgehead atoms. The van der Waals surface area contributed by atoms with Crippen LogP contribution in [0.25, 0.3) is 27.7 Å². The van der Waals surface area contributed by atoms with E-state index in [0.29, 0.717) is 10.7 Å². The number of aryl methyl sites for hydroxylation is 1. The van der Waals surface area contributed by atoms with Gasteiger partial charge in [-0.2, -0.15) is 4.52 Å². The molecule has 6 rings (SSSR count). The van der Waals surface area contributed by atoms with E-state index in [1.165, 1.54) is 0 Å². The van der Waals surface area contributed by atoms with Gasteiger partial charge in [-0.1, -0.05) is 29.8 Å². The van der Waals surface area contributed by atoms with E-state index in [1.54, 1.807) is 29.6 Å². The fraction of sp³-hybridized carbons (Fsp3) is 0.0833. The van der Waals surface area contributed by atoms with Gasteiger partial charge in [-0.25, -0.2) is 4.98 Å². The summed E-state index contributed by atoms with van der Waals surface area (Å²) in [7, 11) is 1.92. The smallest absolute Gasteiger partial charge is 0.180 e. The zero-order chi connectivity index (χ0) is 22.6. The molecule has 4 heterocycles. The highest BCUT2D eigenvalue weighted by Gasteiger charge is 2.38. The Balaban J connectivity index is 1.69. The first-order valence-corrected chi connectivity index (χ1v) is 10.9. The van der Waals surface area contributed by atoms with Gasteiger partial charge in [0.2, 0.25) is 0 Å². The maximum Gasteiger partial charge on any atom is 0.180 e. The normalized spacial score (nSPS) is 13.5. The maximum atomic E-state index is 7.44. The summed E-state index contributed by atoms with van der Waals surface area (Å²) in [6.45, 7) is 0. The minimum Gasteiger partial charge on any atom is -0.472 e. The van der Waals surface area contributed by atoms with E-state index in [9.17, 15) is 0 Å². The molecule has 0 N–H and O–H groups in total. The van der Waals surface area contributed by atoms with Crippen molar-refractivity contribution < 1.29 is 4.42 Å². The first-order valence-electron chi connectivity index (χ1n) is 10.2. The number of rotatable bonds is 4. The fourth-order valence-electron chi connectivity index (χ4n) is 4.32. The molecule has 0 spiro atoms. The van der Waals surface area contributed by atoms with Crippen LogP contribution in [0.1, 0.15) is 16.8 Å². The lowest BCUT2D eigenvalue weighted by atomic mass is 9.87. The Morgan fingerprint density at radius 2 is 1.94 bits per heavy atom. The number of imidazole rings is 1. The summed E-state index contributed by atoms with van der Waals surface area (Å²) in [5.41, 5.74) is 5.89. The van der Waals surface area contributed by atoms with Crippen molar-refractivity contribution in [2.24, 2.45) is 7.05 Å². The van der Waals surface area contributed by atoms with Crippen LogP contribution in [0, 0.1) is 0 Å². The van der Waals surface area contributed by atoms with Crippen molar-refractivity contribution in [2.45, 2.75) is 4.87 Å². The average Bonchev–Trinajstić information content (AvgIpc) is 3.59. The van der Waals surface area contributed by atoms with Gasteiger partial charge in [0, 0.05) is 23.0 Å². The summed E-state index contributed by atoms with van der Waals surface area (Å²) in [6.07, 6.45) is 6.78. The predicted molar refractivity (Wildman–Crippen MR) is 126 cm³/mol. The van der Waals surface area contributed by atoms with Gasteiger partial charge in [0.25, 0.3) is 0 Å². The van der Waals surface area contributed by atoms with Crippen molar-refractivity contribution in [2.75, 3.05) is 0 Å². The molecule has 7 nitrogen and oxygen atoms in total. The highest BCUT2D eigenvalue weighted by molar-refractivity contribution is 6.31. The standard InChI is InChI=1S/C24H16Cl2N6O/c1-31-14-27-12-22(31)24(26,17-7-8-33-13-17)16-5-6-21-20(10-16)19(11-23-28-29-30-32(21)23)15-3-2-4-18(25)9-15/h2-14H,1H3. The molecular weight excluding hydrogens is 459 g/mol. The number of aromatic nitrogens is 6. The molecule has 4 aromatic heterocycles. The van der Waals surface area contributed by atoms with E-state index in [-0.39, 0.29) is 0 Å². The lowest BCUT2D eigenvalue weighted by Crippen LogP contribution is -2.24. The van der Waals surface area contributed by atoms with Gasteiger partial charge in [0.1, 0.15) is 4.87 Å². The largest absolute Gasteiger partial charge is 0.472 e. The number of nitrogens with zero attached hydrogens (tertiary/aromatic N) is 6. The summed E-state index contributed by atoms with van der Waals surface area (Å²) in [5, 5.41) is 13.8. The van der Waals surface area contributed by atoms with Crippen molar-refractivity contribution in [1.82, 2.24) is 29.6 Å². The molecule has 0 aliphatic carbocycles. The fourth-order valence-corrected chi connectivity index (χ4v) is 4.92. The van der Waals surface area contributed by atoms with Gasteiger partial charge in [-0.05, 0) is 63.5 Å². The van der Waals surface area contributed by atoms with Crippen LogP contribution in [0.5, 0.6) is 0 Å². The van der Waals surface area contributed by atoms with Gasteiger partial charge in [-0.3, -0.25) is 0 Å². The molecule has 0 saturated heterocycles. The second kappa shape index (κ2) is 7.43. The first-order chi connectivity index (χ1) is 16.1. The molecule has 6 aromatic rings. The Morgan fingerprint density at radius 3 is 2.70 bits per heavy atom. The van der Waals surface area contributed by atoms with E-state index in [4.69, 9.17) is 27.6 Å². The van der Waals surface area contributed by atoms with Crippen molar-refractivity contribution >= 4 is 39.8 Å². The molecule has 0 aliphatic heterocycles. The number of hydrogen-bond acceptors (Lipinski definition) is 5. The molecule has 0 amide bonds. The molecule has 33 heavy (non-hydrogen) atoms. The minimum atomic E-state index is -1.02. The van der Waals surface area contributed by atoms with Gasteiger partial charge in [-0.15, -0.1) is 16.7 Å². The highest BCUT2D eigenvalue weighted by Crippen LogP contribution is 2.44. The summed E-state index contributed by atoms with van der Waals surface area (Å²) in [4.78, 5) is 3.28. The maximum absolute atomic E-state index is 7.44. The topological polar surface area (TPSA) is 74.0 Å². The summed E-state index contributed by atoms with van der Waals surface area (Å²) in [6, 6.07) is 17.6. The third-order valence-corrected chi connectivity index (χ3v) is 6.77. The van der Waals surface area contributed by atoms with E-state index in [1.807, 2.05) is 60.1 Å². The Hall–Kier alpha value is -3.68. The number of benzene rings is 2. The van der Waals surface area contributed by atoms with E-state index >= 15 is 0 Å². The number of halogens is 2. The van der Waals surface area contributed by atoms with Crippen LogP contribution >= 0.6 is 23.2 Å². The number of tetrazole rings is 1. The van der Waals surface area contributed by atoms with Crippen molar-refractivity contribution in [1.29, 1.82) is 0 Å². The van der Waals surface area contributed by atoms with Crippen molar-refractivity contribution in [3.63, 3.8) is 0 Å².